The first-order valence-electron chi connectivity index (χ1n) is 5.91. The van der Waals surface area contributed by atoms with Crippen molar-refractivity contribution in [2.24, 2.45) is 0 Å². The van der Waals surface area contributed by atoms with Gasteiger partial charge in [-0.1, -0.05) is 31.5 Å². The zero-order chi connectivity index (χ0) is 13.4. The highest BCUT2D eigenvalue weighted by Gasteiger charge is 2.26. The van der Waals surface area contributed by atoms with Gasteiger partial charge in [0.05, 0.1) is 0 Å². The van der Waals surface area contributed by atoms with Crippen LogP contribution in [0.4, 0.5) is 0 Å². The summed E-state index contributed by atoms with van der Waals surface area (Å²) < 4.78 is 26.6. The maximum Gasteiger partial charge on any atom is 0.529 e. The summed E-state index contributed by atoms with van der Waals surface area (Å²) in [6.07, 6.45) is 1.09. The molecule has 2 atom stereocenters. The average Bonchev–Trinajstić information content (AvgIpc) is 2.29. The fourth-order valence-corrected chi connectivity index (χ4v) is 2.11. The second-order valence-corrected chi connectivity index (χ2v) is 5.10. The Hall–Kier alpha value is -0.870. The van der Waals surface area contributed by atoms with Gasteiger partial charge in [-0.05, 0) is 25.5 Å². The van der Waals surface area contributed by atoms with E-state index in [0.717, 1.165) is 12.8 Å². The van der Waals surface area contributed by atoms with Gasteiger partial charge in [0, 0.05) is 6.61 Å². The number of phosphoric acid groups is 1. The van der Waals surface area contributed by atoms with Crippen LogP contribution >= 0.6 is 7.82 Å². The van der Waals surface area contributed by atoms with Crippen molar-refractivity contribution in [3.8, 4) is 5.75 Å². The van der Waals surface area contributed by atoms with E-state index in [0.29, 0.717) is 6.61 Å². The summed E-state index contributed by atoms with van der Waals surface area (Å²) >= 11 is 0. The van der Waals surface area contributed by atoms with Crippen LogP contribution < -0.4 is 4.52 Å². The summed E-state index contributed by atoms with van der Waals surface area (Å²) in [6.45, 7) is 4.08. The second kappa shape index (κ2) is 7.54. The lowest BCUT2D eigenvalue weighted by Gasteiger charge is -2.18. The third-order valence-corrected chi connectivity index (χ3v) is 3.10. The molecule has 0 aromatic heterocycles. The van der Waals surface area contributed by atoms with Crippen molar-refractivity contribution in [1.82, 2.24) is 0 Å². The number of ether oxygens (including phenoxy) is 1. The van der Waals surface area contributed by atoms with Gasteiger partial charge in [-0.2, -0.15) is 0 Å². The Morgan fingerprint density at radius 3 is 2.61 bits per heavy atom. The number of phosphoric ester groups is 1. The minimum absolute atomic E-state index is 0.282. The van der Waals surface area contributed by atoms with Crippen molar-refractivity contribution >= 4 is 7.82 Å². The second-order valence-electron chi connectivity index (χ2n) is 3.77. The molecule has 2 unspecified atom stereocenters. The molecule has 0 bridgehead atoms. The first-order chi connectivity index (χ1) is 8.53. The van der Waals surface area contributed by atoms with E-state index in [1.165, 1.54) is 0 Å². The first kappa shape index (κ1) is 15.2. The zero-order valence-corrected chi connectivity index (χ0v) is 11.5. The van der Waals surface area contributed by atoms with Gasteiger partial charge in [0.25, 0.3) is 0 Å². The van der Waals surface area contributed by atoms with E-state index in [1.807, 2.05) is 6.92 Å². The number of hydrogen-bond donors (Lipinski definition) is 1. The van der Waals surface area contributed by atoms with Crippen LogP contribution in [-0.2, 0) is 13.8 Å². The molecule has 0 aliphatic rings. The molecule has 0 saturated carbocycles. The van der Waals surface area contributed by atoms with Crippen molar-refractivity contribution < 1.29 is 23.2 Å². The van der Waals surface area contributed by atoms with Gasteiger partial charge < -0.3 is 9.26 Å². The van der Waals surface area contributed by atoms with E-state index >= 15 is 0 Å². The molecule has 1 rings (SSSR count). The summed E-state index contributed by atoms with van der Waals surface area (Å²) in [5, 5.41) is 0. The van der Waals surface area contributed by atoms with Crippen LogP contribution in [-0.4, -0.2) is 17.8 Å². The molecule has 0 radical (unpaired) electrons. The van der Waals surface area contributed by atoms with Gasteiger partial charge >= 0.3 is 7.82 Å². The molecule has 1 aromatic rings. The lowest BCUT2D eigenvalue weighted by Crippen LogP contribution is -2.14. The van der Waals surface area contributed by atoms with Crippen LogP contribution in [0.25, 0.3) is 0 Å². The Kier molecular flexibility index (Phi) is 6.36. The predicted octanol–water partition coefficient (Wildman–Crippen LogP) is 3.35. The van der Waals surface area contributed by atoms with Crippen LogP contribution in [0.5, 0.6) is 5.75 Å². The third kappa shape index (κ3) is 6.17. The van der Waals surface area contributed by atoms with E-state index in [1.54, 1.807) is 37.3 Å². The Morgan fingerprint density at radius 2 is 2.00 bits per heavy atom. The molecule has 102 valence electrons. The quantitative estimate of drug-likeness (QED) is 0.447. The van der Waals surface area contributed by atoms with Crippen molar-refractivity contribution in [2.45, 2.75) is 33.0 Å². The number of rotatable bonds is 8. The van der Waals surface area contributed by atoms with E-state index in [4.69, 9.17) is 13.8 Å². The number of unbranched alkanes of at least 4 members (excludes halogenated alkanes) is 1. The molecule has 1 N–H and O–H groups in total. The lowest BCUT2D eigenvalue weighted by atomic mass is 10.3. The number of benzene rings is 1. The molecular formula is C12H19O5P. The Balaban J connectivity index is 2.41. The molecule has 0 aliphatic heterocycles. The summed E-state index contributed by atoms with van der Waals surface area (Å²) in [7, 11) is -4.14. The van der Waals surface area contributed by atoms with E-state index in [-0.39, 0.29) is 5.75 Å². The summed E-state index contributed by atoms with van der Waals surface area (Å²) in [4.78, 5) is 9.53. The maximum absolute atomic E-state index is 11.7. The van der Waals surface area contributed by atoms with Crippen LogP contribution in [0.1, 0.15) is 26.7 Å². The van der Waals surface area contributed by atoms with Gasteiger partial charge in [-0.3, -0.25) is 4.89 Å². The van der Waals surface area contributed by atoms with Gasteiger partial charge in [0.1, 0.15) is 5.75 Å². The summed E-state index contributed by atoms with van der Waals surface area (Å²) in [5.41, 5.74) is 0. The number of hydrogen-bond acceptors (Lipinski definition) is 4. The van der Waals surface area contributed by atoms with Crippen molar-refractivity contribution in [3.63, 3.8) is 0 Å². The molecule has 0 saturated heterocycles. The average molecular weight is 274 g/mol. The van der Waals surface area contributed by atoms with E-state index in [2.05, 4.69) is 0 Å². The largest absolute Gasteiger partial charge is 0.529 e. The molecule has 18 heavy (non-hydrogen) atoms. The lowest BCUT2D eigenvalue weighted by molar-refractivity contribution is -0.0789. The van der Waals surface area contributed by atoms with Crippen molar-refractivity contribution in [3.05, 3.63) is 30.3 Å². The van der Waals surface area contributed by atoms with E-state index < -0.39 is 14.1 Å². The maximum atomic E-state index is 11.7. The Bertz CT molecular complexity index is 381. The van der Waals surface area contributed by atoms with Crippen LogP contribution in [0.2, 0.25) is 0 Å². The zero-order valence-electron chi connectivity index (χ0n) is 10.6. The highest BCUT2D eigenvalue weighted by Crippen LogP contribution is 2.44. The first-order valence-corrected chi connectivity index (χ1v) is 7.40. The standard InChI is InChI=1S/C12H19O5P/c1-3-4-10-15-11(2)16-18(13,14)17-12-8-6-5-7-9-12/h5-9,11H,3-4,10H2,1-2H3,(H,13,14). The van der Waals surface area contributed by atoms with E-state index in [9.17, 15) is 9.46 Å². The highest BCUT2D eigenvalue weighted by atomic mass is 31.2. The van der Waals surface area contributed by atoms with Crippen molar-refractivity contribution in [1.29, 1.82) is 0 Å². The monoisotopic (exact) mass is 274 g/mol. The van der Waals surface area contributed by atoms with Crippen molar-refractivity contribution in [2.75, 3.05) is 6.61 Å². The van der Waals surface area contributed by atoms with Gasteiger partial charge in [0.2, 0.25) is 0 Å². The molecule has 0 heterocycles. The highest BCUT2D eigenvalue weighted by molar-refractivity contribution is 7.47. The molecule has 0 amide bonds. The fourth-order valence-electron chi connectivity index (χ4n) is 1.25. The fraction of sp³-hybridized carbons (Fsp3) is 0.500. The molecule has 0 spiro atoms. The topological polar surface area (TPSA) is 65.0 Å². The molecule has 0 fully saturated rings. The number of para-hydroxylation sites is 1. The normalized spacial score (nSPS) is 15.9. The molecule has 0 aliphatic carbocycles. The molecular weight excluding hydrogens is 255 g/mol. The summed E-state index contributed by atoms with van der Waals surface area (Å²) in [6, 6.07) is 8.35. The summed E-state index contributed by atoms with van der Waals surface area (Å²) in [5.74, 6) is 0.282. The molecule has 6 heteroatoms. The minimum atomic E-state index is -4.14. The van der Waals surface area contributed by atoms with Gasteiger partial charge in [-0.15, -0.1) is 0 Å². The molecule has 5 nitrogen and oxygen atoms in total. The Labute approximate surface area is 107 Å². The Morgan fingerprint density at radius 1 is 1.33 bits per heavy atom. The smallest absolute Gasteiger partial charge is 0.404 e. The van der Waals surface area contributed by atoms with Gasteiger partial charge in [0.15, 0.2) is 6.29 Å². The van der Waals surface area contributed by atoms with Crippen LogP contribution in [0.15, 0.2) is 30.3 Å². The van der Waals surface area contributed by atoms with Crippen LogP contribution in [0.3, 0.4) is 0 Å². The predicted molar refractivity (Wildman–Crippen MR) is 68.3 cm³/mol. The molecule has 1 aromatic carbocycles. The SMILES string of the molecule is CCCCOC(C)OP(=O)(O)Oc1ccccc1. The third-order valence-electron chi connectivity index (χ3n) is 2.10. The van der Waals surface area contributed by atoms with Crippen LogP contribution in [0, 0.1) is 0 Å². The van der Waals surface area contributed by atoms with Gasteiger partial charge in [-0.25, -0.2) is 9.09 Å². The minimum Gasteiger partial charge on any atom is -0.404 e.